The molecule has 1 saturated heterocycles. The molecule has 2 aliphatic heterocycles. The van der Waals surface area contributed by atoms with Crippen molar-refractivity contribution in [3.63, 3.8) is 0 Å². The van der Waals surface area contributed by atoms with Crippen LogP contribution in [0.25, 0.3) is 0 Å². The predicted molar refractivity (Wildman–Crippen MR) is 114 cm³/mol. The minimum atomic E-state index is -0.234. The summed E-state index contributed by atoms with van der Waals surface area (Å²) in [5.41, 5.74) is 2.89. The summed E-state index contributed by atoms with van der Waals surface area (Å²) in [4.78, 5) is 14.8. The van der Waals surface area contributed by atoms with E-state index in [2.05, 4.69) is 25.8 Å². The normalized spacial score (nSPS) is 16.3. The molecule has 0 radical (unpaired) electrons. The lowest BCUT2D eigenvalue weighted by atomic mass is 10.1. The average Bonchev–Trinajstić information content (AvgIpc) is 3.05. The van der Waals surface area contributed by atoms with Gasteiger partial charge in [0, 0.05) is 12.7 Å². The van der Waals surface area contributed by atoms with Crippen molar-refractivity contribution in [2.24, 2.45) is 0 Å². The molecule has 0 atom stereocenters. The molecule has 1 fully saturated rings. The Morgan fingerprint density at radius 2 is 2.04 bits per heavy atom. The molecule has 28 heavy (non-hydrogen) atoms. The van der Waals surface area contributed by atoms with Gasteiger partial charge in [-0.3, -0.25) is 4.79 Å². The molecule has 4 rings (SSSR count). The van der Waals surface area contributed by atoms with Gasteiger partial charge in [0.05, 0.1) is 24.0 Å². The van der Waals surface area contributed by atoms with Crippen molar-refractivity contribution in [1.29, 1.82) is 0 Å². The molecule has 10 heteroatoms. The van der Waals surface area contributed by atoms with E-state index in [1.807, 2.05) is 36.9 Å². The van der Waals surface area contributed by atoms with E-state index in [0.717, 1.165) is 55.3 Å². The van der Waals surface area contributed by atoms with Crippen LogP contribution in [-0.4, -0.2) is 54.2 Å². The fraction of sp³-hybridized carbons (Fsp3) is 0.500. The number of nitrogens with one attached hydrogen (secondary N) is 2. The second-order valence-electron chi connectivity index (χ2n) is 6.86. The maximum Gasteiger partial charge on any atom is 0.278 e. The Balaban J connectivity index is 0.00000140. The smallest absolute Gasteiger partial charge is 0.278 e. The van der Waals surface area contributed by atoms with Crippen LogP contribution in [0.2, 0.25) is 0 Å². The lowest BCUT2D eigenvalue weighted by Crippen LogP contribution is -2.30. The van der Waals surface area contributed by atoms with Crippen molar-refractivity contribution in [2.45, 2.75) is 25.8 Å². The van der Waals surface area contributed by atoms with Crippen LogP contribution in [0.3, 0.4) is 0 Å². The number of carbonyl (C=O) groups is 1. The van der Waals surface area contributed by atoms with E-state index < -0.39 is 0 Å². The third kappa shape index (κ3) is 4.34. The van der Waals surface area contributed by atoms with Crippen molar-refractivity contribution in [3.8, 4) is 5.75 Å². The molecule has 0 aliphatic carbocycles. The van der Waals surface area contributed by atoms with E-state index in [1.165, 1.54) is 0 Å². The first-order chi connectivity index (χ1) is 12.6. The standard InChI is InChI=1S/C18H24N6O2.2ClH/c1-12-17(21-22-24(12)14-5-7-19-8-6-14)18(25)20-13-3-4-16-15(11-13)23(2)9-10-26-16;;/h3-4,11,14,19H,5-10H2,1-2H3,(H,20,25);2*1H. The summed E-state index contributed by atoms with van der Waals surface area (Å²) in [5, 5.41) is 14.6. The number of benzene rings is 1. The van der Waals surface area contributed by atoms with Gasteiger partial charge < -0.3 is 20.3 Å². The first kappa shape index (κ1) is 22.3. The van der Waals surface area contributed by atoms with Gasteiger partial charge >= 0.3 is 0 Å². The van der Waals surface area contributed by atoms with E-state index >= 15 is 0 Å². The second kappa shape index (κ2) is 9.45. The summed E-state index contributed by atoms with van der Waals surface area (Å²) in [5.74, 6) is 0.604. The Morgan fingerprint density at radius 3 is 2.79 bits per heavy atom. The number of fused-ring (bicyclic) bond motifs is 1. The third-order valence-corrected chi connectivity index (χ3v) is 5.11. The Labute approximate surface area is 176 Å². The molecule has 1 aromatic heterocycles. The van der Waals surface area contributed by atoms with Crippen molar-refractivity contribution >= 4 is 42.1 Å². The minimum Gasteiger partial charge on any atom is -0.490 e. The van der Waals surface area contributed by atoms with Crippen LogP contribution < -0.4 is 20.3 Å². The topological polar surface area (TPSA) is 84.3 Å². The molecule has 1 aromatic carbocycles. The van der Waals surface area contributed by atoms with Gasteiger partial charge in [0.25, 0.3) is 5.91 Å². The van der Waals surface area contributed by atoms with Gasteiger partial charge in [0.15, 0.2) is 5.69 Å². The second-order valence-corrected chi connectivity index (χ2v) is 6.86. The molecule has 154 valence electrons. The van der Waals surface area contributed by atoms with Crippen molar-refractivity contribution in [2.75, 3.05) is 43.5 Å². The number of rotatable bonds is 3. The van der Waals surface area contributed by atoms with Crippen molar-refractivity contribution < 1.29 is 9.53 Å². The first-order valence-corrected chi connectivity index (χ1v) is 9.05. The molecular formula is C18H26Cl2N6O2. The number of ether oxygens (including phenoxy) is 1. The van der Waals surface area contributed by atoms with Gasteiger partial charge in [-0.05, 0) is 51.1 Å². The highest BCUT2D eigenvalue weighted by molar-refractivity contribution is 6.03. The maximum atomic E-state index is 12.7. The summed E-state index contributed by atoms with van der Waals surface area (Å²) < 4.78 is 7.54. The highest BCUT2D eigenvalue weighted by Crippen LogP contribution is 2.33. The van der Waals surface area contributed by atoms with Gasteiger partial charge in [-0.15, -0.1) is 29.9 Å². The van der Waals surface area contributed by atoms with Gasteiger partial charge in [0.2, 0.25) is 0 Å². The van der Waals surface area contributed by atoms with Crippen molar-refractivity contribution in [1.82, 2.24) is 20.3 Å². The number of halogens is 2. The van der Waals surface area contributed by atoms with Gasteiger partial charge in [-0.1, -0.05) is 5.21 Å². The summed E-state index contributed by atoms with van der Waals surface area (Å²) in [7, 11) is 2.02. The molecule has 2 aromatic rings. The van der Waals surface area contributed by atoms with Crippen LogP contribution in [0.4, 0.5) is 11.4 Å². The molecule has 8 nitrogen and oxygen atoms in total. The minimum absolute atomic E-state index is 0. The largest absolute Gasteiger partial charge is 0.490 e. The quantitative estimate of drug-likeness (QED) is 0.780. The Bertz CT molecular complexity index is 822. The zero-order valence-electron chi connectivity index (χ0n) is 16.0. The van der Waals surface area contributed by atoms with Crippen LogP contribution in [-0.2, 0) is 0 Å². The van der Waals surface area contributed by atoms with E-state index in [-0.39, 0.29) is 30.7 Å². The summed E-state index contributed by atoms with van der Waals surface area (Å²) in [6.07, 6.45) is 2.00. The SMILES string of the molecule is Cc1c(C(=O)Nc2ccc3c(c2)N(C)CCO3)nnn1C1CCNCC1.Cl.Cl. The molecule has 3 heterocycles. The molecule has 0 saturated carbocycles. The van der Waals surface area contributed by atoms with Crippen LogP contribution >= 0.6 is 24.8 Å². The summed E-state index contributed by atoms with van der Waals surface area (Å²) in [6, 6.07) is 5.97. The molecule has 0 spiro atoms. The summed E-state index contributed by atoms with van der Waals surface area (Å²) in [6.45, 7) is 5.35. The fourth-order valence-electron chi connectivity index (χ4n) is 3.57. The number of amides is 1. The number of anilines is 2. The number of hydrogen-bond donors (Lipinski definition) is 2. The predicted octanol–water partition coefficient (Wildman–Crippen LogP) is 2.44. The molecule has 0 unspecified atom stereocenters. The molecule has 2 N–H and O–H groups in total. The van der Waals surface area contributed by atoms with Gasteiger partial charge in [0.1, 0.15) is 12.4 Å². The average molecular weight is 429 g/mol. The number of aromatic nitrogens is 3. The first-order valence-electron chi connectivity index (χ1n) is 9.05. The highest BCUT2D eigenvalue weighted by Gasteiger charge is 2.23. The van der Waals surface area contributed by atoms with Gasteiger partial charge in [-0.2, -0.15) is 0 Å². The molecule has 1 amide bonds. The van der Waals surface area contributed by atoms with Crippen LogP contribution in [0.5, 0.6) is 5.75 Å². The zero-order valence-corrected chi connectivity index (χ0v) is 17.6. The number of nitrogens with zero attached hydrogens (tertiary/aromatic N) is 4. The number of piperidine rings is 1. The van der Waals surface area contributed by atoms with E-state index in [1.54, 1.807) is 0 Å². The lowest BCUT2D eigenvalue weighted by molar-refractivity contribution is 0.102. The van der Waals surface area contributed by atoms with Crippen LogP contribution in [0.15, 0.2) is 18.2 Å². The third-order valence-electron chi connectivity index (χ3n) is 5.11. The van der Waals surface area contributed by atoms with E-state index in [4.69, 9.17) is 4.74 Å². The van der Waals surface area contributed by atoms with Crippen LogP contribution in [0.1, 0.15) is 35.1 Å². The highest BCUT2D eigenvalue weighted by atomic mass is 35.5. The fourth-order valence-corrected chi connectivity index (χ4v) is 3.57. The monoisotopic (exact) mass is 428 g/mol. The van der Waals surface area contributed by atoms with Crippen LogP contribution in [0, 0.1) is 6.92 Å². The Morgan fingerprint density at radius 1 is 1.29 bits per heavy atom. The Kier molecular flexibility index (Phi) is 7.51. The van der Waals surface area contributed by atoms with E-state index in [0.29, 0.717) is 18.3 Å². The Hall–Kier alpha value is -2.03. The van der Waals surface area contributed by atoms with E-state index in [9.17, 15) is 4.79 Å². The maximum absolute atomic E-state index is 12.7. The number of likely N-dealkylation sites (N-methyl/N-ethyl adjacent to an activating group) is 1. The zero-order chi connectivity index (χ0) is 18.1. The molecule has 0 bridgehead atoms. The molecular weight excluding hydrogens is 403 g/mol. The number of carbonyl (C=O) groups excluding carboxylic acids is 1. The van der Waals surface area contributed by atoms with Crippen molar-refractivity contribution in [3.05, 3.63) is 29.6 Å². The lowest BCUT2D eigenvalue weighted by Gasteiger charge is -2.28. The molecule has 2 aliphatic rings. The summed E-state index contributed by atoms with van der Waals surface area (Å²) >= 11 is 0. The number of hydrogen-bond acceptors (Lipinski definition) is 6. The van der Waals surface area contributed by atoms with Gasteiger partial charge in [-0.25, -0.2) is 4.68 Å².